The minimum absolute atomic E-state index is 0.101. The highest BCUT2D eigenvalue weighted by Crippen LogP contribution is 2.28. The number of halogens is 3. The Hall–Kier alpha value is -1.87. The van der Waals surface area contributed by atoms with Gasteiger partial charge in [0.25, 0.3) is 0 Å². The number of nitriles is 1. The topological polar surface area (TPSA) is 59.3 Å². The van der Waals surface area contributed by atoms with Crippen LogP contribution in [0.5, 0.6) is 5.75 Å². The molecule has 0 aliphatic heterocycles. The Kier molecular flexibility index (Phi) is 4.45. The molecule has 0 aliphatic carbocycles. The highest BCUT2D eigenvalue weighted by molar-refractivity contribution is 6.30. The monoisotopic (exact) mass is 275 g/mol. The molecule has 4 nitrogen and oxygen atoms in total. The van der Waals surface area contributed by atoms with Crippen LogP contribution in [0.1, 0.15) is 12.5 Å². The molecule has 0 N–H and O–H groups in total. The number of rotatable bonds is 4. The van der Waals surface area contributed by atoms with Gasteiger partial charge in [0.1, 0.15) is 11.8 Å². The number of hydrogen-bond donors (Lipinski definition) is 0. The summed E-state index contributed by atoms with van der Waals surface area (Å²) in [5.74, 6) is -2.31. The van der Waals surface area contributed by atoms with Crippen molar-refractivity contribution in [2.75, 3.05) is 6.61 Å². The number of esters is 1. The summed E-state index contributed by atoms with van der Waals surface area (Å²) in [4.78, 5) is 10.9. The summed E-state index contributed by atoms with van der Waals surface area (Å²) in [6.07, 6.45) is -4.17. The van der Waals surface area contributed by atoms with Crippen LogP contribution >= 0.6 is 11.6 Å². The Morgan fingerprint density at radius 2 is 2.22 bits per heavy atom. The van der Waals surface area contributed by atoms with Crippen molar-refractivity contribution in [3.63, 3.8) is 0 Å². The minimum Gasteiger partial charge on any atom is -0.459 e. The van der Waals surface area contributed by atoms with E-state index in [4.69, 9.17) is 16.9 Å². The molecular formula is C11H8ClF2NO3. The first-order valence-corrected chi connectivity index (χ1v) is 5.22. The van der Waals surface area contributed by atoms with E-state index in [2.05, 4.69) is 9.47 Å². The third-order valence-electron chi connectivity index (χ3n) is 1.82. The maximum absolute atomic E-state index is 13.3. The van der Waals surface area contributed by atoms with Crippen molar-refractivity contribution in [2.24, 2.45) is 0 Å². The molecule has 0 aliphatic rings. The first-order valence-electron chi connectivity index (χ1n) is 4.84. The van der Waals surface area contributed by atoms with E-state index >= 15 is 0 Å². The second-order valence-corrected chi connectivity index (χ2v) is 3.53. The molecule has 0 saturated heterocycles. The fourth-order valence-corrected chi connectivity index (χ4v) is 1.23. The van der Waals surface area contributed by atoms with E-state index in [1.54, 1.807) is 6.07 Å². The quantitative estimate of drug-likeness (QED) is 0.793. The lowest BCUT2D eigenvalue weighted by Gasteiger charge is -2.16. The lowest BCUT2D eigenvalue weighted by molar-refractivity contribution is -0.216. The highest BCUT2D eigenvalue weighted by atomic mass is 35.5. The highest BCUT2D eigenvalue weighted by Gasteiger charge is 2.44. The summed E-state index contributed by atoms with van der Waals surface area (Å²) in [5, 5.41) is 8.81. The molecule has 0 saturated carbocycles. The summed E-state index contributed by atoms with van der Waals surface area (Å²) in [6, 6.07) is 5.22. The van der Waals surface area contributed by atoms with Crippen LogP contribution in [-0.4, -0.2) is 18.7 Å². The number of carbonyl (C=O) groups excluding carboxylic acids is 1. The van der Waals surface area contributed by atoms with E-state index in [1.807, 2.05) is 0 Å². The van der Waals surface area contributed by atoms with Gasteiger partial charge in [-0.2, -0.15) is 14.0 Å². The van der Waals surface area contributed by atoms with Gasteiger partial charge in [0, 0.05) is 11.1 Å². The maximum atomic E-state index is 13.3. The summed E-state index contributed by atoms with van der Waals surface area (Å²) in [5.41, 5.74) is -0.164. The third-order valence-corrected chi connectivity index (χ3v) is 2.05. The lowest BCUT2D eigenvalue weighted by atomic mass is 10.2. The number of hydrogen-bond acceptors (Lipinski definition) is 4. The Bertz CT molecular complexity index is 500. The van der Waals surface area contributed by atoms with Gasteiger partial charge in [0.05, 0.1) is 12.2 Å². The molecule has 0 unspecified atom stereocenters. The minimum atomic E-state index is -4.17. The predicted molar refractivity (Wildman–Crippen MR) is 58.4 cm³/mol. The van der Waals surface area contributed by atoms with Crippen LogP contribution in [0.3, 0.4) is 0 Å². The van der Waals surface area contributed by atoms with Gasteiger partial charge in [-0.1, -0.05) is 11.6 Å². The van der Waals surface area contributed by atoms with Crippen molar-refractivity contribution in [3.05, 3.63) is 28.8 Å². The van der Waals surface area contributed by atoms with E-state index in [1.165, 1.54) is 19.1 Å². The van der Waals surface area contributed by atoms with Gasteiger partial charge in [-0.05, 0) is 19.1 Å². The molecule has 0 bridgehead atoms. The van der Waals surface area contributed by atoms with Crippen LogP contribution in [0.25, 0.3) is 0 Å². The zero-order valence-corrected chi connectivity index (χ0v) is 10.0. The van der Waals surface area contributed by atoms with Crippen molar-refractivity contribution in [1.82, 2.24) is 0 Å². The van der Waals surface area contributed by atoms with Crippen LogP contribution in [0.2, 0.25) is 5.02 Å². The zero-order valence-electron chi connectivity index (χ0n) is 9.25. The standard InChI is InChI=1S/C11H8ClF2NO3/c1-2-17-10(16)11(13,14)18-9-5-8(12)4-3-7(9)6-15/h3-5H,2H2,1H3. The van der Waals surface area contributed by atoms with Crippen LogP contribution in [-0.2, 0) is 9.53 Å². The molecule has 1 rings (SSSR count). The molecule has 0 atom stereocenters. The first kappa shape index (κ1) is 14.2. The molecular weight excluding hydrogens is 268 g/mol. The van der Waals surface area contributed by atoms with Crippen molar-refractivity contribution in [1.29, 1.82) is 5.26 Å². The number of alkyl halides is 2. The van der Waals surface area contributed by atoms with Crippen LogP contribution in [0, 0.1) is 11.3 Å². The van der Waals surface area contributed by atoms with Gasteiger partial charge < -0.3 is 9.47 Å². The predicted octanol–water partition coefficient (Wildman–Crippen LogP) is 2.75. The Morgan fingerprint density at radius 3 is 2.78 bits per heavy atom. The SMILES string of the molecule is CCOC(=O)C(F)(F)Oc1cc(Cl)ccc1C#N. The van der Waals surface area contributed by atoms with Crippen molar-refractivity contribution in [2.45, 2.75) is 13.0 Å². The fraction of sp³-hybridized carbons (Fsp3) is 0.273. The summed E-state index contributed by atoms with van der Waals surface area (Å²) in [7, 11) is 0. The summed E-state index contributed by atoms with van der Waals surface area (Å²) in [6.45, 7) is 1.17. The summed E-state index contributed by atoms with van der Waals surface area (Å²) >= 11 is 5.59. The van der Waals surface area contributed by atoms with E-state index in [-0.39, 0.29) is 17.2 Å². The molecule has 1 aromatic rings. The smallest absolute Gasteiger partial charge is 0.459 e. The molecule has 0 aromatic heterocycles. The van der Waals surface area contributed by atoms with Crippen molar-refractivity contribution >= 4 is 17.6 Å². The Morgan fingerprint density at radius 1 is 1.56 bits per heavy atom. The average molecular weight is 276 g/mol. The second kappa shape index (κ2) is 5.65. The largest absolute Gasteiger partial charge is 0.502 e. The summed E-state index contributed by atoms with van der Waals surface area (Å²) < 4.78 is 34.9. The third kappa shape index (κ3) is 3.31. The average Bonchev–Trinajstić information content (AvgIpc) is 2.29. The van der Waals surface area contributed by atoms with Gasteiger partial charge in [-0.15, -0.1) is 0 Å². The van der Waals surface area contributed by atoms with Gasteiger partial charge in [-0.25, -0.2) is 4.79 Å². The molecule has 7 heteroatoms. The van der Waals surface area contributed by atoms with E-state index in [9.17, 15) is 13.6 Å². The Balaban J connectivity index is 3.00. The van der Waals surface area contributed by atoms with Crippen LogP contribution in [0.4, 0.5) is 8.78 Å². The maximum Gasteiger partial charge on any atom is 0.502 e. The number of nitrogens with zero attached hydrogens (tertiary/aromatic N) is 1. The van der Waals surface area contributed by atoms with Crippen molar-refractivity contribution < 1.29 is 23.0 Å². The van der Waals surface area contributed by atoms with Gasteiger partial charge in [-0.3, -0.25) is 0 Å². The molecule has 0 spiro atoms. The molecule has 0 fully saturated rings. The zero-order chi connectivity index (χ0) is 13.8. The van der Waals surface area contributed by atoms with Gasteiger partial charge in [0.15, 0.2) is 0 Å². The fourth-order valence-electron chi connectivity index (χ4n) is 1.07. The molecule has 0 amide bonds. The van der Waals surface area contributed by atoms with E-state index in [0.717, 1.165) is 6.07 Å². The molecule has 1 aromatic carbocycles. The molecule has 0 heterocycles. The second-order valence-electron chi connectivity index (χ2n) is 3.09. The lowest BCUT2D eigenvalue weighted by Crippen LogP contribution is -2.37. The van der Waals surface area contributed by atoms with Crippen LogP contribution < -0.4 is 4.74 Å². The number of ether oxygens (including phenoxy) is 2. The van der Waals surface area contributed by atoms with Crippen LogP contribution in [0.15, 0.2) is 18.2 Å². The molecule has 18 heavy (non-hydrogen) atoms. The molecule has 96 valence electrons. The number of benzene rings is 1. The van der Waals surface area contributed by atoms with Crippen molar-refractivity contribution in [3.8, 4) is 11.8 Å². The van der Waals surface area contributed by atoms with E-state index in [0.29, 0.717) is 0 Å². The normalized spacial score (nSPS) is 10.6. The van der Waals surface area contributed by atoms with E-state index < -0.39 is 17.8 Å². The van der Waals surface area contributed by atoms with Gasteiger partial charge >= 0.3 is 12.1 Å². The Labute approximate surface area is 107 Å². The number of carbonyl (C=O) groups is 1. The van der Waals surface area contributed by atoms with Gasteiger partial charge in [0.2, 0.25) is 0 Å². The first-order chi connectivity index (χ1) is 8.40. The molecule has 0 radical (unpaired) electrons.